The number of rotatable bonds is 4. The Hall–Kier alpha value is -1.70. The van der Waals surface area contributed by atoms with E-state index < -0.39 is 21.7 Å². The molecule has 0 amide bonds. The maximum atomic E-state index is 13.0. The minimum atomic E-state index is -3.83. The van der Waals surface area contributed by atoms with Gasteiger partial charge in [0.1, 0.15) is 0 Å². The molecule has 0 radical (unpaired) electrons. The van der Waals surface area contributed by atoms with Gasteiger partial charge in [-0.2, -0.15) is 0 Å². The van der Waals surface area contributed by atoms with Crippen LogP contribution < -0.4 is 10.5 Å². The summed E-state index contributed by atoms with van der Waals surface area (Å²) in [4.78, 5) is -0.0655. The normalized spacial score (nSPS) is 11.6. The van der Waals surface area contributed by atoms with Crippen molar-refractivity contribution in [2.45, 2.75) is 11.4 Å². The second-order valence-electron chi connectivity index (χ2n) is 4.26. The Morgan fingerprint density at radius 3 is 2.43 bits per heavy atom. The van der Waals surface area contributed by atoms with Crippen LogP contribution in [0.2, 0.25) is 5.02 Å². The van der Waals surface area contributed by atoms with Gasteiger partial charge >= 0.3 is 0 Å². The second kappa shape index (κ2) is 5.97. The predicted octanol–water partition coefficient (Wildman–Crippen LogP) is 2.68. The highest BCUT2D eigenvalue weighted by Gasteiger charge is 2.15. The first-order chi connectivity index (χ1) is 9.79. The number of halogens is 3. The fourth-order valence-corrected chi connectivity index (χ4v) is 2.88. The monoisotopic (exact) mass is 332 g/mol. The molecule has 21 heavy (non-hydrogen) atoms. The summed E-state index contributed by atoms with van der Waals surface area (Å²) in [6.07, 6.45) is 0. The zero-order valence-electron chi connectivity index (χ0n) is 10.6. The molecule has 2 aromatic carbocycles. The molecule has 0 spiro atoms. The largest absolute Gasteiger partial charge is 0.398 e. The predicted molar refractivity (Wildman–Crippen MR) is 76.2 cm³/mol. The van der Waals surface area contributed by atoms with Crippen molar-refractivity contribution in [2.24, 2.45) is 0 Å². The van der Waals surface area contributed by atoms with Gasteiger partial charge in [-0.1, -0.05) is 17.7 Å². The van der Waals surface area contributed by atoms with Crippen molar-refractivity contribution in [3.05, 3.63) is 58.6 Å². The zero-order chi connectivity index (χ0) is 15.6. The lowest BCUT2D eigenvalue weighted by Gasteiger charge is -2.08. The van der Waals surface area contributed by atoms with Gasteiger partial charge in [0.15, 0.2) is 11.6 Å². The van der Waals surface area contributed by atoms with Crippen LogP contribution >= 0.6 is 11.6 Å². The quantitative estimate of drug-likeness (QED) is 0.845. The molecule has 0 saturated carbocycles. The van der Waals surface area contributed by atoms with Crippen LogP contribution in [-0.2, 0) is 16.6 Å². The number of nitrogens with one attached hydrogen (secondary N) is 1. The summed E-state index contributed by atoms with van der Waals surface area (Å²) in [5.41, 5.74) is 6.05. The van der Waals surface area contributed by atoms with Gasteiger partial charge in [-0.15, -0.1) is 0 Å². The third-order valence-electron chi connectivity index (χ3n) is 2.73. The highest BCUT2D eigenvalue weighted by Crippen LogP contribution is 2.22. The molecule has 2 rings (SSSR count). The van der Waals surface area contributed by atoms with E-state index in [4.69, 9.17) is 17.3 Å². The van der Waals surface area contributed by atoms with Crippen molar-refractivity contribution < 1.29 is 17.2 Å². The number of nitrogens with two attached hydrogens (primary N) is 1. The molecule has 112 valence electrons. The Morgan fingerprint density at radius 1 is 1.10 bits per heavy atom. The molecule has 0 aromatic heterocycles. The van der Waals surface area contributed by atoms with E-state index in [0.29, 0.717) is 5.56 Å². The van der Waals surface area contributed by atoms with Gasteiger partial charge in [0.05, 0.1) is 15.6 Å². The van der Waals surface area contributed by atoms with Crippen molar-refractivity contribution in [2.75, 3.05) is 5.73 Å². The summed E-state index contributed by atoms with van der Waals surface area (Å²) >= 11 is 5.77. The first-order valence-corrected chi connectivity index (χ1v) is 7.64. The molecule has 0 aliphatic heterocycles. The van der Waals surface area contributed by atoms with Crippen molar-refractivity contribution in [3.8, 4) is 0 Å². The topological polar surface area (TPSA) is 72.2 Å². The van der Waals surface area contributed by atoms with E-state index in [1.54, 1.807) is 0 Å². The van der Waals surface area contributed by atoms with Crippen LogP contribution in [0.3, 0.4) is 0 Å². The first-order valence-electron chi connectivity index (χ1n) is 5.78. The Balaban J connectivity index is 2.17. The van der Waals surface area contributed by atoms with Gasteiger partial charge in [0.2, 0.25) is 10.0 Å². The van der Waals surface area contributed by atoms with Gasteiger partial charge in [-0.25, -0.2) is 21.9 Å². The number of anilines is 1. The van der Waals surface area contributed by atoms with Gasteiger partial charge in [0.25, 0.3) is 0 Å². The molecule has 0 aliphatic carbocycles. The molecule has 0 fully saturated rings. The van der Waals surface area contributed by atoms with Crippen LogP contribution in [0.25, 0.3) is 0 Å². The summed E-state index contributed by atoms with van der Waals surface area (Å²) in [6, 6.07) is 7.03. The van der Waals surface area contributed by atoms with Crippen LogP contribution in [0.1, 0.15) is 5.56 Å². The van der Waals surface area contributed by atoms with Gasteiger partial charge in [-0.3, -0.25) is 0 Å². The van der Waals surface area contributed by atoms with Crippen molar-refractivity contribution >= 4 is 27.3 Å². The Labute approximate surface area is 125 Å². The van der Waals surface area contributed by atoms with Crippen LogP contribution in [0.15, 0.2) is 41.3 Å². The summed E-state index contributed by atoms with van der Waals surface area (Å²) in [6.45, 7) is -0.179. The Morgan fingerprint density at radius 2 is 1.81 bits per heavy atom. The molecule has 3 N–H and O–H groups in total. The number of sulfonamides is 1. The average molecular weight is 333 g/mol. The lowest BCUT2D eigenvalue weighted by molar-refractivity contribution is 0.506. The average Bonchev–Trinajstić information content (AvgIpc) is 2.43. The highest BCUT2D eigenvalue weighted by molar-refractivity contribution is 7.89. The third kappa shape index (κ3) is 3.69. The molecule has 0 saturated heterocycles. The number of nitrogen functional groups attached to an aromatic ring is 1. The molecular formula is C13H11ClF2N2O2S. The molecule has 0 unspecified atom stereocenters. The highest BCUT2D eigenvalue weighted by atomic mass is 35.5. The first kappa shape index (κ1) is 15.7. The van der Waals surface area contributed by atoms with E-state index >= 15 is 0 Å². The minimum absolute atomic E-state index is 0.0655. The number of hydrogen-bond donors (Lipinski definition) is 2. The number of benzene rings is 2. The van der Waals surface area contributed by atoms with E-state index in [-0.39, 0.29) is 22.2 Å². The molecule has 8 heteroatoms. The molecular weight excluding hydrogens is 322 g/mol. The van der Waals surface area contributed by atoms with Crippen molar-refractivity contribution in [1.82, 2.24) is 4.72 Å². The van der Waals surface area contributed by atoms with Crippen molar-refractivity contribution in [3.63, 3.8) is 0 Å². The summed E-state index contributed by atoms with van der Waals surface area (Å²) in [5.74, 6) is -2.03. The van der Waals surface area contributed by atoms with Gasteiger partial charge in [0, 0.05) is 6.54 Å². The van der Waals surface area contributed by atoms with E-state index in [1.165, 1.54) is 24.3 Å². The molecule has 4 nitrogen and oxygen atoms in total. The Kier molecular flexibility index (Phi) is 4.46. The molecule has 2 aromatic rings. The smallest absolute Gasteiger partial charge is 0.240 e. The second-order valence-corrected chi connectivity index (χ2v) is 6.43. The summed E-state index contributed by atoms with van der Waals surface area (Å²) in [7, 11) is -3.83. The molecule has 0 heterocycles. The number of hydrogen-bond acceptors (Lipinski definition) is 3. The molecule has 0 aliphatic rings. The van der Waals surface area contributed by atoms with Crippen LogP contribution in [-0.4, -0.2) is 8.42 Å². The van der Waals surface area contributed by atoms with E-state index in [9.17, 15) is 17.2 Å². The Bertz CT molecular complexity index is 782. The fraction of sp³-hybridized carbons (Fsp3) is 0.0769. The van der Waals surface area contributed by atoms with Crippen LogP contribution in [0, 0.1) is 11.6 Å². The SMILES string of the molecule is Nc1ccc(S(=O)(=O)NCc2ccc(F)c(F)c2)cc1Cl. The maximum Gasteiger partial charge on any atom is 0.240 e. The lowest BCUT2D eigenvalue weighted by atomic mass is 10.2. The van der Waals surface area contributed by atoms with Crippen LogP contribution in [0.4, 0.5) is 14.5 Å². The van der Waals surface area contributed by atoms with Gasteiger partial charge in [-0.05, 0) is 35.9 Å². The summed E-state index contributed by atoms with van der Waals surface area (Å²) in [5, 5.41) is 0.116. The summed E-state index contributed by atoms with van der Waals surface area (Å²) < 4.78 is 52.2. The minimum Gasteiger partial charge on any atom is -0.398 e. The maximum absolute atomic E-state index is 13.0. The fourth-order valence-electron chi connectivity index (χ4n) is 1.59. The van der Waals surface area contributed by atoms with E-state index in [1.807, 2.05) is 0 Å². The third-order valence-corrected chi connectivity index (χ3v) is 4.46. The van der Waals surface area contributed by atoms with Crippen LogP contribution in [0.5, 0.6) is 0 Å². The zero-order valence-corrected chi connectivity index (χ0v) is 12.2. The standard InChI is InChI=1S/C13H11ClF2N2O2S/c14-10-6-9(2-4-13(10)17)21(19,20)18-7-8-1-3-11(15)12(16)5-8/h1-6,18H,7,17H2. The lowest BCUT2D eigenvalue weighted by Crippen LogP contribution is -2.23. The van der Waals surface area contributed by atoms with Crippen molar-refractivity contribution in [1.29, 1.82) is 0 Å². The van der Waals surface area contributed by atoms with E-state index in [2.05, 4.69) is 4.72 Å². The molecule has 0 bridgehead atoms. The van der Waals surface area contributed by atoms with Gasteiger partial charge < -0.3 is 5.73 Å². The van der Waals surface area contributed by atoms with E-state index in [0.717, 1.165) is 12.1 Å². The molecule has 0 atom stereocenters.